The predicted molar refractivity (Wildman–Crippen MR) is 157 cm³/mol. The fourth-order valence-electron chi connectivity index (χ4n) is 5.00. The Hall–Kier alpha value is -4.66. The van der Waals surface area contributed by atoms with Crippen molar-refractivity contribution in [2.45, 2.75) is 18.4 Å². The Morgan fingerprint density at radius 2 is 2.19 bits per heavy atom. The van der Waals surface area contributed by atoms with E-state index in [4.69, 9.17) is 9.47 Å². The largest absolute Gasteiger partial charge is 0.492 e. The van der Waals surface area contributed by atoms with Crippen molar-refractivity contribution in [1.82, 2.24) is 25.5 Å². The van der Waals surface area contributed by atoms with Gasteiger partial charge in [0.15, 0.2) is 11.6 Å². The van der Waals surface area contributed by atoms with E-state index in [1.165, 1.54) is 19.3 Å². The summed E-state index contributed by atoms with van der Waals surface area (Å²) in [4.78, 5) is 35.4. The topological polar surface area (TPSA) is 121 Å². The number of pyridine rings is 1. The second kappa shape index (κ2) is 12.5. The summed E-state index contributed by atoms with van der Waals surface area (Å²) >= 11 is 0. The molecule has 2 aliphatic rings. The Morgan fingerprint density at radius 1 is 1.33 bits per heavy atom. The number of nitrogens with zero attached hydrogens (tertiary/aromatic N) is 2. The number of carbonyl (C=O) groups excluding carboxylic acids is 2. The summed E-state index contributed by atoms with van der Waals surface area (Å²) in [5.74, 6) is 5.46. The van der Waals surface area contributed by atoms with E-state index in [0.717, 1.165) is 5.69 Å². The average Bonchev–Trinajstić information content (AvgIpc) is 3.58. The van der Waals surface area contributed by atoms with Crippen LogP contribution in [0.15, 0.2) is 48.8 Å². The van der Waals surface area contributed by atoms with Crippen LogP contribution in [-0.4, -0.2) is 79.7 Å². The number of H-pyrrole nitrogens is 1. The Morgan fingerprint density at radius 3 is 2.95 bits per heavy atom. The molecule has 2 aliphatic heterocycles. The van der Waals surface area contributed by atoms with Crippen molar-refractivity contribution in [1.29, 1.82) is 0 Å². The zero-order valence-corrected chi connectivity index (χ0v) is 23.8. The predicted octanol–water partition coefficient (Wildman–Crippen LogP) is 3.00. The lowest BCUT2D eigenvalue weighted by Crippen LogP contribution is -2.47. The van der Waals surface area contributed by atoms with Gasteiger partial charge >= 0.3 is 0 Å². The summed E-state index contributed by atoms with van der Waals surface area (Å²) in [6, 6.07) is 6.35. The van der Waals surface area contributed by atoms with Crippen LogP contribution in [0.5, 0.6) is 5.75 Å². The number of para-hydroxylation sites is 1. The van der Waals surface area contributed by atoms with Crippen molar-refractivity contribution in [3.63, 3.8) is 0 Å². The Balaban J connectivity index is 1.54. The first-order valence-corrected chi connectivity index (χ1v) is 13.6. The molecule has 42 heavy (non-hydrogen) atoms. The van der Waals surface area contributed by atoms with E-state index in [0.29, 0.717) is 66.3 Å². The molecular weight excluding hydrogens is 539 g/mol. The SMILES string of the molecule is COc1c(F)cccc1Nc1c(-c2ccncc2C#C[C@]2(NC(=O)/C=C/CN(C)C)CCOC2)[nH]c2c1C(=O)NCC2. The van der Waals surface area contributed by atoms with Gasteiger partial charge in [0.25, 0.3) is 5.91 Å². The molecular formula is C31H33FN6O4. The number of anilines is 2. The Labute approximate surface area is 243 Å². The van der Waals surface area contributed by atoms with Gasteiger partial charge in [-0.2, -0.15) is 0 Å². The molecule has 11 heteroatoms. The van der Waals surface area contributed by atoms with Crippen LogP contribution < -0.4 is 20.7 Å². The third-order valence-corrected chi connectivity index (χ3v) is 7.05. The van der Waals surface area contributed by atoms with Crippen LogP contribution in [0, 0.1) is 17.7 Å². The molecule has 1 aromatic carbocycles. The van der Waals surface area contributed by atoms with Crippen molar-refractivity contribution in [2.24, 2.45) is 0 Å². The van der Waals surface area contributed by atoms with Gasteiger partial charge in [0, 0.05) is 55.7 Å². The molecule has 218 valence electrons. The summed E-state index contributed by atoms with van der Waals surface area (Å²) < 4.78 is 25.5. The zero-order chi connectivity index (χ0) is 29.7. The van der Waals surface area contributed by atoms with E-state index in [1.54, 1.807) is 36.7 Å². The molecule has 0 saturated carbocycles. The van der Waals surface area contributed by atoms with Gasteiger partial charge < -0.3 is 35.3 Å². The van der Waals surface area contributed by atoms with E-state index in [9.17, 15) is 14.0 Å². The van der Waals surface area contributed by atoms with Gasteiger partial charge in [0.2, 0.25) is 5.91 Å². The quantitative estimate of drug-likeness (QED) is 0.242. The number of halogens is 1. The van der Waals surface area contributed by atoms with Crippen LogP contribution in [0.1, 0.15) is 28.0 Å². The molecule has 0 aliphatic carbocycles. The molecule has 2 aromatic heterocycles. The molecule has 1 fully saturated rings. The monoisotopic (exact) mass is 572 g/mol. The zero-order valence-electron chi connectivity index (χ0n) is 23.8. The van der Waals surface area contributed by atoms with Crippen LogP contribution in [-0.2, 0) is 16.0 Å². The van der Waals surface area contributed by atoms with Crippen LogP contribution in [0.2, 0.25) is 0 Å². The van der Waals surface area contributed by atoms with Crippen molar-refractivity contribution >= 4 is 23.2 Å². The molecule has 1 atom stereocenters. The maximum atomic E-state index is 14.5. The number of hydrogen-bond donors (Lipinski definition) is 4. The lowest BCUT2D eigenvalue weighted by atomic mass is 9.97. The molecule has 4 heterocycles. The Bertz CT molecular complexity index is 1580. The molecule has 0 unspecified atom stereocenters. The van der Waals surface area contributed by atoms with Crippen LogP contribution in [0.25, 0.3) is 11.3 Å². The maximum Gasteiger partial charge on any atom is 0.255 e. The van der Waals surface area contributed by atoms with Crippen LogP contribution in [0.3, 0.4) is 0 Å². The highest BCUT2D eigenvalue weighted by atomic mass is 19.1. The summed E-state index contributed by atoms with van der Waals surface area (Å²) in [6.45, 7) is 1.85. The van der Waals surface area contributed by atoms with Crippen molar-refractivity contribution in [3.05, 3.63) is 71.4 Å². The number of amides is 2. The summed E-state index contributed by atoms with van der Waals surface area (Å²) in [7, 11) is 5.24. The number of nitrogens with one attached hydrogen (secondary N) is 4. The minimum Gasteiger partial charge on any atom is -0.492 e. The van der Waals surface area contributed by atoms with Gasteiger partial charge in [-0.1, -0.05) is 24.0 Å². The summed E-state index contributed by atoms with van der Waals surface area (Å²) in [5.41, 5.74) is 3.03. The van der Waals surface area contributed by atoms with Crippen LogP contribution in [0.4, 0.5) is 15.8 Å². The number of carbonyl (C=O) groups is 2. The van der Waals surface area contributed by atoms with Crippen LogP contribution >= 0.6 is 0 Å². The molecule has 0 spiro atoms. The summed E-state index contributed by atoms with van der Waals surface area (Å²) in [6.07, 6.45) is 7.69. The normalized spacial score (nSPS) is 17.9. The molecule has 10 nitrogen and oxygen atoms in total. The molecule has 1 saturated heterocycles. The number of benzene rings is 1. The standard InChI is InChI=1S/C31H33FN6O4/c1-38(2)16-5-8-25(39)37-31(13-17-42-19-31)12-9-20-18-33-14-10-21(20)27-28(26-23(35-27)11-15-34-30(26)40)36-24-7-4-6-22(32)29(24)41-3/h4-8,10,14,18,35-36H,11,13,15-17,19H2,1-3H3,(H,34,40)(H,37,39)/b8-5+/t31-/m0/s1. The molecule has 5 rings (SSSR count). The molecule has 3 aromatic rings. The smallest absolute Gasteiger partial charge is 0.255 e. The highest BCUT2D eigenvalue weighted by Gasteiger charge is 2.34. The number of aromatic nitrogens is 2. The number of methoxy groups -OCH3 is 1. The van der Waals surface area contributed by atoms with Crippen molar-refractivity contribution in [2.75, 3.05) is 52.8 Å². The second-order valence-corrected chi connectivity index (χ2v) is 10.4. The second-order valence-electron chi connectivity index (χ2n) is 10.4. The number of aromatic amines is 1. The first-order valence-electron chi connectivity index (χ1n) is 13.6. The van der Waals surface area contributed by atoms with E-state index < -0.39 is 11.4 Å². The molecule has 2 amide bonds. The van der Waals surface area contributed by atoms with Crippen molar-refractivity contribution in [3.8, 4) is 28.8 Å². The number of rotatable bonds is 8. The summed E-state index contributed by atoms with van der Waals surface area (Å²) in [5, 5.41) is 9.14. The number of hydrogen-bond acceptors (Lipinski definition) is 7. The van der Waals surface area contributed by atoms with E-state index in [2.05, 4.69) is 37.8 Å². The lowest BCUT2D eigenvalue weighted by molar-refractivity contribution is -0.117. The number of ether oxygens (including phenoxy) is 2. The van der Waals surface area contributed by atoms with E-state index in [1.807, 2.05) is 19.0 Å². The molecule has 0 bridgehead atoms. The van der Waals surface area contributed by atoms with Gasteiger partial charge in [-0.25, -0.2) is 4.39 Å². The lowest BCUT2D eigenvalue weighted by Gasteiger charge is -2.22. The third-order valence-electron chi connectivity index (χ3n) is 7.05. The first-order chi connectivity index (χ1) is 20.3. The van der Waals surface area contributed by atoms with Gasteiger partial charge in [0.1, 0.15) is 5.54 Å². The Kier molecular flexibility index (Phi) is 8.56. The van der Waals surface area contributed by atoms with Gasteiger partial charge in [-0.3, -0.25) is 14.6 Å². The highest BCUT2D eigenvalue weighted by Crippen LogP contribution is 2.40. The average molecular weight is 573 g/mol. The molecule has 0 radical (unpaired) electrons. The van der Waals surface area contributed by atoms with Gasteiger partial charge in [0.05, 0.1) is 48.5 Å². The van der Waals surface area contributed by atoms with Gasteiger partial charge in [-0.15, -0.1) is 0 Å². The van der Waals surface area contributed by atoms with E-state index in [-0.39, 0.29) is 24.2 Å². The number of likely N-dealkylation sites (N-methyl/N-ethyl adjacent to an activating group) is 1. The number of fused-ring (bicyclic) bond motifs is 1. The third kappa shape index (κ3) is 6.15. The van der Waals surface area contributed by atoms with Gasteiger partial charge in [-0.05, 0) is 32.3 Å². The molecule has 4 N–H and O–H groups in total. The minimum atomic E-state index is -0.864. The van der Waals surface area contributed by atoms with E-state index >= 15 is 0 Å². The fourth-order valence-corrected chi connectivity index (χ4v) is 5.00. The highest BCUT2D eigenvalue weighted by molar-refractivity contribution is 6.06. The minimum absolute atomic E-state index is 0.0305. The fraction of sp³-hybridized carbons (Fsp3) is 0.323. The van der Waals surface area contributed by atoms with Crippen molar-refractivity contribution < 1.29 is 23.5 Å². The maximum absolute atomic E-state index is 14.5. The first kappa shape index (κ1) is 28.9.